The van der Waals surface area contributed by atoms with Gasteiger partial charge in [0.25, 0.3) is 5.91 Å². The number of fused-ring (bicyclic) bond motifs is 1. The molecule has 6 heteroatoms. The highest BCUT2D eigenvalue weighted by Gasteiger charge is 2.37. The number of amides is 2. The Labute approximate surface area is 116 Å². The van der Waals surface area contributed by atoms with E-state index in [0.717, 1.165) is 6.42 Å². The molecule has 3 rings (SSSR count). The van der Waals surface area contributed by atoms with Crippen LogP contribution in [-0.2, 0) is 4.79 Å². The van der Waals surface area contributed by atoms with E-state index < -0.39 is 0 Å². The Kier molecular flexibility index (Phi) is 3.00. The molecule has 0 saturated carbocycles. The van der Waals surface area contributed by atoms with Crippen molar-refractivity contribution in [1.29, 1.82) is 0 Å². The maximum atomic E-state index is 12.4. The quantitative estimate of drug-likeness (QED) is 0.734. The first-order valence-electron chi connectivity index (χ1n) is 6.67. The van der Waals surface area contributed by atoms with Crippen LogP contribution < -0.4 is 0 Å². The fourth-order valence-corrected chi connectivity index (χ4v) is 2.89. The van der Waals surface area contributed by atoms with E-state index in [1.807, 2.05) is 4.90 Å². The molecule has 6 nitrogen and oxygen atoms in total. The highest BCUT2D eigenvalue weighted by atomic mass is 16.3. The van der Waals surface area contributed by atoms with Gasteiger partial charge in [-0.1, -0.05) is 0 Å². The van der Waals surface area contributed by atoms with Gasteiger partial charge in [-0.25, -0.2) is 0 Å². The van der Waals surface area contributed by atoms with Crippen molar-refractivity contribution in [3.05, 3.63) is 23.8 Å². The monoisotopic (exact) mass is 276 g/mol. The zero-order valence-electron chi connectivity index (χ0n) is 11.0. The number of hydrogen-bond acceptors (Lipinski definition) is 4. The van der Waals surface area contributed by atoms with Gasteiger partial charge in [-0.2, -0.15) is 0 Å². The average Bonchev–Trinajstić information content (AvgIpc) is 2.82. The number of hydrogen-bond donors (Lipinski definition) is 2. The van der Waals surface area contributed by atoms with E-state index in [0.29, 0.717) is 31.6 Å². The van der Waals surface area contributed by atoms with Crippen LogP contribution in [0.1, 0.15) is 23.2 Å². The van der Waals surface area contributed by atoms with Crippen molar-refractivity contribution >= 4 is 11.8 Å². The van der Waals surface area contributed by atoms with E-state index in [2.05, 4.69) is 0 Å². The average molecular weight is 276 g/mol. The molecule has 2 amide bonds. The van der Waals surface area contributed by atoms with Gasteiger partial charge in [0.1, 0.15) is 0 Å². The van der Waals surface area contributed by atoms with E-state index in [1.165, 1.54) is 18.2 Å². The van der Waals surface area contributed by atoms with Crippen LogP contribution in [0.4, 0.5) is 0 Å². The van der Waals surface area contributed by atoms with Crippen LogP contribution in [0.3, 0.4) is 0 Å². The molecular formula is C14H16N2O4. The number of rotatable bonds is 1. The smallest absolute Gasteiger partial charge is 0.254 e. The van der Waals surface area contributed by atoms with Crippen LogP contribution in [0.2, 0.25) is 0 Å². The Bertz CT molecular complexity index is 572. The molecule has 0 bridgehead atoms. The standard InChI is InChI=1S/C14H16N2O4/c17-11-3-1-9(7-12(11)18)14(20)15-5-6-16-10(8-15)2-4-13(16)19/h1,3,7,10,17-18H,2,4-6,8H2. The molecule has 2 fully saturated rings. The predicted molar refractivity (Wildman–Crippen MR) is 70.4 cm³/mol. The minimum absolute atomic E-state index is 0.117. The van der Waals surface area contributed by atoms with Crippen molar-refractivity contribution in [2.24, 2.45) is 0 Å². The highest BCUT2D eigenvalue weighted by Crippen LogP contribution is 2.27. The molecule has 1 aromatic rings. The third kappa shape index (κ3) is 2.07. The second-order valence-electron chi connectivity index (χ2n) is 5.23. The summed E-state index contributed by atoms with van der Waals surface area (Å²) in [5.74, 6) is -0.554. The third-order valence-electron chi connectivity index (χ3n) is 4.00. The van der Waals surface area contributed by atoms with Crippen LogP contribution in [0.25, 0.3) is 0 Å². The van der Waals surface area contributed by atoms with Crippen LogP contribution >= 0.6 is 0 Å². The summed E-state index contributed by atoms with van der Waals surface area (Å²) in [4.78, 5) is 27.5. The SMILES string of the molecule is O=C(c1ccc(O)c(O)c1)N1CCN2C(=O)CCC2C1. The Hall–Kier alpha value is -2.24. The minimum Gasteiger partial charge on any atom is -0.504 e. The van der Waals surface area contributed by atoms with Gasteiger partial charge in [0.05, 0.1) is 0 Å². The number of carbonyl (C=O) groups is 2. The molecule has 1 atom stereocenters. The lowest BCUT2D eigenvalue weighted by Gasteiger charge is -2.37. The van der Waals surface area contributed by atoms with Crippen LogP contribution in [0, 0.1) is 0 Å². The van der Waals surface area contributed by atoms with E-state index in [9.17, 15) is 19.8 Å². The zero-order valence-corrected chi connectivity index (χ0v) is 11.0. The molecule has 0 radical (unpaired) electrons. The van der Waals surface area contributed by atoms with E-state index >= 15 is 0 Å². The highest BCUT2D eigenvalue weighted by molar-refractivity contribution is 5.95. The van der Waals surface area contributed by atoms with Gasteiger partial charge in [0.2, 0.25) is 5.91 Å². The van der Waals surface area contributed by atoms with Gasteiger partial charge in [-0.05, 0) is 24.6 Å². The molecule has 2 aliphatic rings. The number of carbonyl (C=O) groups excluding carboxylic acids is 2. The van der Waals surface area contributed by atoms with Gasteiger partial charge in [0, 0.05) is 37.7 Å². The lowest BCUT2D eigenvalue weighted by Crippen LogP contribution is -2.53. The summed E-state index contributed by atoms with van der Waals surface area (Å²) in [6.45, 7) is 1.61. The summed E-state index contributed by atoms with van der Waals surface area (Å²) in [7, 11) is 0. The second kappa shape index (κ2) is 4.70. The van der Waals surface area contributed by atoms with Crippen molar-refractivity contribution < 1.29 is 19.8 Å². The lowest BCUT2D eigenvalue weighted by molar-refractivity contribution is -0.130. The van der Waals surface area contributed by atoms with Crippen LogP contribution in [0.5, 0.6) is 11.5 Å². The molecule has 1 unspecified atom stereocenters. The van der Waals surface area contributed by atoms with Crippen molar-refractivity contribution in [3.8, 4) is 11.5 Å². The fourth-order valence-electron chi connectivity index (χ4n) is 2.89. The normalized spacial score (nSPS) is 22.0. The molecular weight excluding hydrogens is 260 g/mol. The Morgan fingerprint density at radius 3 is 2.75 bits per heavy atom. The van der Waals surface area contributed by atoms with Crippen LogP contribution in [0.15, 0.2) is 18.2 Å². The van der Waals surface area contributed by atoms with E-state index in [4.69, 9.17) is 0 Å². The number of piperazine rings is 1. The Balaban J connectivity index is 1.75. The Morgan fingerprint density at radius 2 is 2.00 bits per heavy atom. The van der Waals surface area contributed by atoms with Gasteiger partial charge in [-0.15, -0.1) is 0 Å². The lowest BCUT2D eigenvalue weighted by atomic mass is 10.1. The molecule has 106 valence electrons. The van der Waals surface area contributed by atoms with Gasteiger partial charge in [0.15, 0.2) is 11.5 Å². The van der Waals surface area contributed by atoms with Crippen molar-refractivity contribution in [2.75, 3.05) is 19.6 Å². The number of phenolic OH excluding ortho intramolecular Hbond substituents is 2. The minimum atomic E-state index is -0.300. The molecule has 2 saturated heterocycles. The summed E-state index contributed by atoms with van der Waals surface area (Å²) >= 11 is 0. The topological polar surface area (TPSA) is 81.1 Å². The van der Waals surface area contributed by atoms with Crippen molar-refractivity contribution in [3.63, 3.8) is 0 Å². The molecule has 2 N–H and O–H groups in total. The van der Waals surface area contributed by atoms with E-state index in [-0.39, 0.29) is 29.4 Å². The second-order valence-corrected chi connectivity index (χ2v) is 5.23. The first-order chi connectivity index (χ1) is 9.56. The molecule has 0 aliphatic carbocycles. The largest absolute Gasteiger partial charge is 0.504 e. The van der Waals surface area contributed by atoms with Gasteiger partial charge < -0.3 is 20.0 Å². The first kappa shape index (κ1) is 12.8. The molecule has 2 aliphatic heterocycles. The molecule has 0 spiro atoms. The summed E-state index contributed by atoms with van der Waals surface area (Å²) in [6.07, 6.45) is 1.36. The summed E-state index contributed by atoms with van der Waals surface area (Å²) in [6, 6.07) is 4.18. The van der Waals surface area contributed by atoms with Crippen molar-refractivity contribution in [1.82, 2.24) is 9.80 Å². The number of benzene rings is 1. The zero-order chi connectivity index (χ0) is 14.3. The maximum Gasteiger partial charge on any atom is 0.254 e. The molecule has 2 heterocycles. The number of aromatic hydroxyl groups is 2. The molecule has 20 heavy (non-hydrogen) atoms. The number of nitrogens with zero attached hydrogens (tertiary/aromatic N) is 2. The van der Waals surface area contributed by atoms with E-state index in [1.54, 1.807) is 4.90 Å². The summed E-state index contributed by atoms with van der Waals surface area (Å²) in [5.41, 5.74) is 0.345. The van der Waals surface area contributed by atoms with Crippen molar-refractivity contribution in [2.45, 2.75) is 18.9 Å². The summed E-state index contributed by atoms with van der Waals surface area (Å²) in [5, 5.41) is 18.7. The van der Waals surface area contributed by atoms with Gasteiger partial charge in [-0.3, -0.25) is 9.59 Å². The number of phenols is 2. The third-order valence-corrected chi connectivity index (χ3v) is 4.00. The Morgan fingerprint density at radius 1 is 1.20 bits per heavy atom. The predicted octanol–water partition coefficient (Wildman–Crippen LogP) is 0.545. The first-order valence-corrected chi connectivity index (χ1v) is 6.67. The molecule has 0 aromatic heterocycles. The fraction of sp³-hybridized carbons (Fsp3) is 0.429. The van der Waals surface area contributed by atoms with Gasteiger partial charge >= 0.3 is 0 Å². The maximum absolute atomic E-state index is 12.4. The summed E-state index contributed by atoms with van der Waals surface area (Å²) < 4.78 is 0. The molecule has 1 aromatic carbocycles. The van der Waals surface area contributed by atoms with Crippen LogP contribution in [-0.4, -0.2) is 57.5 Å².